The molecule has 1 amide bonds. The van der Waals surface area contributed by atoms with Gasteiger partial charge < -0.3 is 10.4 Å². The van der Waals surface area contributed by atoms with Gasteiger partial charge in [0, 0.05) is 33.9 Å². The number of halogens is 2. The van der Waals surface area contributed by atoms with Crippen molar-refractivity contribution in [2.45, 2.75) is 0 Å². The summed E-state index contributed by atoms with van der Waals surface area (Å²) in [7, 11) is 0. The molecule has 0 aliphatic heterocycles. The average Bonchev–Trinajstić information content (AvgIpc) is 2.42. The van der Waals surface area contributed by atoms with Crippen LogP contribution >= 0.6 is 27.5 Å². The molecule has 2 rings (SSSR count). The molecular formula is C13H8BrClN2O4. The van der Waals surface area contributed by atoms with E-state index in [1.54, 1.807) is 0 Å². The Hall–Kier alpha value is -2.12. The van der Waals surface area contributed by atoms with E-state index in [0.717, 1.165) is 6.07 Å². The second kappa shape index (κ2) is 6.11. The number of aromatic hydroxyl groups is 1. The Morgan fingerprint density at radius 1 is 1.29 bits per heavy atom. The Balaban J connectivity index is 2.27. The number of nitro groups is 1. The molecule has 0 unspecified atom stereocenters. The largest absolute Gasteiger partial charge is 0.506 e. The molecule has 2 aromatic carbocycles. The van der Waals surface area contributed by atoms with Gasteiger partial charge in [-0.3, -0.25) is 14.9 Å². The fourth-order valence-electron chi connectivity index (χ4n) is 1.60. The summed E-state index contributed by atoms with van der Waals surface area (Å²) in [6, 6.07) is 8.13. The third kappa shape index (κ3) is 3.71. The van der Waals surface area contributed by atoms with E-state index in [4.69, 9.17) is 11.6 Å². The Morgan fingerprint density at radius 2 is 2.00 bits per heavy atom. The van der Waals surface area contributed by atoms with Crippen LogP contribution in [0.3, 0.4) is 0 Å². The third-order valence-electron chi connectivity index (χ3n) is 2.56. The minimum absolute atomic E-state index is 0.116. The summed E-state index contributed by atoms with van der Waals surface area (Å²) >= 11 is 8.78. The number of carbonyl (C=O) groups excluding carboxylic acids is 1. The van der Waals surface area contributed by atoms with Gasteiger partial charge in [-0.25, -0.2) is 0 Å². The van der Waals surface area contributed by atoms with Crippen molar-refractivity contribution >= 4 is 44.8 Å². The van der Waals surface area contributed by atoms with Gasteiger partial charge in [0.15, 0.2) is 0 Å². The van der Waals surface area contributed by atoms with E-state index in [0.29, 0.717) is 10.2 Å². The number of anilines is 1. The summed E-state index contributed by atoms with van der Waals surface area (Å²) in [5.41, 5.74) is 0.239. The molecule has 0 aliphatic carbocycles. The van der Waals surface area contributed by atoms with Crippen molar-refractivity contribution < 1.29 is 14.8 Å². The van der Waals surface area contributed by atoms with Crippen molar-refractivity contribution in [2.75, 3.05) is 5.32 Å². The lowest BCUT2D eigenvalue weighted by atomic mass is 10.2. The summed E-state index contributed by atoms with van der Waals surface area (Å²) in [6.45, 7) is 0. The van der Waals surface area contributed by atoms with E-state index in [2.05, 4.69) is 21.2 Å². The minimum Gasteiger partial charge on any atom is -0.506 e. The summed E-state index contributed by atoms with van der Waals surface area (Å²) in [6.07, 6.45) is 0. The van der Waals surface area contributed by atoms with Crippen molar-refractivity contribution in [1.82, 2.24) is 0 Å². The Morgan fingerprint density at radius 3 is 2.62 bits per heavy atom. The number of nitro benzene ring substituents is 1. The lowest BCUT2D eigenvalue weighted by molar-refractivity contribution is -0.384. The van der Waals surface area contributed by atoms with E-state index < -0.39 is 10.8 Å². The van der Waals surface area contributed by atoms with Gasteiger partial charge in [0.05, 0.1) is 9.95 Å². The zero-order chi connectivity index (χ0) is 15.6. The zero-order valence-electron chi connectivity index (χ0n) is 10.3. The molecular weight excluding hydrogens is 364 g/mol. The lowest BCUT2D eigenvalue weighted by Crippen LogP contribution is -2.12. The molecule has 0 saturated heterocycles. The van der Waals surface area contributed by atoms with Crippen LogP contribution < -0.4 is 5.32 Å². The molecule has 0 fully saturated rings. The SMILES string of the molecule is O=C(Nc1ccc(Cl)c(O)c1)c1cc(Br)cc([N+](=O)[O-])c1. The molecule has 0 spiro atoms. The molecule has 2 N–H and O–H groups in total. The number of rotatable bonds is 3. The van der Waals surface area contributed by atoms with Crippen LogP contribution in [0.15, 0.2) is 40.9 Å². The number of nitrogens with zero attached hydrogens (tertiary/aromatic N) is 1. The molecule has 8 heteroatoms. The van der Waals surface area contributed by atoms with Crippen LogP contribution in [0.2, 0.25) is 5.02 Å². The molecule has 0 aliphatic rings. The Bertz CT molecular complexity index is 736. The van der Waals surface area contributed by atoms with Crippen molar-refractivity contribution in [3.8, 4) is 5.75 Å². The van der Waals surface area contributed by atoms with Crippen LogP contribution in [0.25, 0.3) is 0 Å². The highest BCUT2D eigenvalue weighted by molar-refractivity contribution is 9.10. The van der Waals surface area contributed by atoms with Crippen LogP contribution in [0, 0.1) is 10.1 Å². The highest BCUT2D eigenvalue weighted by atomic mass is 79.9. The number of amides is 1. The first kappa shape index (κ1) is 15.3. The van der Waals surface area contributed by atoms with Crippen molar-refractivity contribution in [3.05, 3.63) is 61.6 Å². The van der Waals surface area contributed by atoms with Crippen molar-refractivity contribution in [2.24, 2.45) is 0 Å². The van der Waals surface area contributed by atoms with Gasteiger partial charge in [-0.1, -0.05) is 27.5 Å². The predicted molar refractivity (Wildman–Crippen MR) is 81.9 cm³/mol. The van der Waals surface area contributed by atoms with E-state index in [9.17, 15) is 20.0 Å². The molecule has 0 heterocycles. The highest BCUT2D eigenvalue weighted by Crippen LogP contribution is 2.27. The number of hydrogen-bond acceptors (Lipinski definition) is 4. The van der Waals surface area contributed by atoms with Gasteiger partial charge in [0.25, 0.3) is 11.6 Å². The number of benzene rings is 2. The van der Waals surface area contributed by atoms with Crippen LogP contribution in [-0.4, -0.2) is 15.9 Å². The maximum atomic E-state index is 12.1. The van der Waals surface area contributed by atoms with Gasteiger partial charge in [-0.15, -0.1) is 0 Å². The molecule has 0 bridgehead atoms. The maximum Gasteiger partial charge on any atom is 0.271 e. The van der Waals surface area contributed by atoms with Gasteiger partial charge in [-0.2, -0.15) is 0 Å². The maximum absolute atomic E-state index is 12.1. The van der Waals surface area contributed by atoms with Gasteiger partial charge >= 0.3 is 0 Å². The highest BCUT2D eigenvalue weighted by Gasteiger charge is 2.14. The Kier molecular flexibility index (Phi) is 4.44. The number of phenolic OH excluding ortho intramolecular Hbond substituents is 1. The van der Waals surface area contributed by atoms with E-state index in [1.807, 2.05) is 0 Å². The molecule has 108 valence electrons. The minimum atomic E-state index is -0.588. The number of carbonyl (C=O) groups is 1. The van der Waals surface area contributed by atoms with E-state index in [1.165, 1.54) is 30.3 Å². The monoisotopic (exact) mass is 370 g/mol. The van der Waals surface area contributed by atoms with E-state index >= 15 is 0 Å². The first-order valence-corrected chi connectivity index (χ1v) is 6.79. The summed E-state index contributed by atoms with van der Waals surface area (Å²) < 4.78 is 0.417. The smallest absolute Gasteiger partial charge is 0.271 e. The molecule has 21 heavy (non-hydrogen) atoms. The van der Waals surface area contributed by atoms with Crippen molar-refractivity contribution in [3.63, 3.8) is 0 Å². The zero-order valence-corrected chi connectivity index (χ0v) is 12.7. The van der Waals surface area contributed by atoms with E-state index in [-0.39, 0.29) is 22.0 Å². The quantitative estimate of drug-likeness (QED) is 0.631. The fraction of sp³-hybridized carbons (Fsp3) is 0. The number of nitrogens with one attached hydrogen (secondary N) is 1. The average molecular weight is 372 g/mol. The Labute approximate surface area is 132 Å². The molecule has 0 saturated carbocycles. The van der Waals surface area contributed by atoms with Crippen LogP contribution in [0.1, 0.15) is 10.4 Å². The number of non-ortho nitro benzene ring substituents is 1. The summed E-state index contributed by atoms with van der Waals surface area (Å²) in [4.78, 5) is 22.3. The summed E-state index contributed by atoms with van der Waals surface area (Å²) in [5, 5.41) is 22.9. The van der Waals surface area contributed by atoms with Gasteiger partial charge in [-0.05, 0) is 18.2 Å². The van der Waals surface area contributed by atoms with Gasteiger partial charge in [0.2, 0.25) is 0 Å². The number of hydrogen-bond donors (Lipinski definition) is 2. The molecule has 0 aromatic heterocycles. The number of phenols is 1. The van der Waals surface area contributed by atoms with Crippen molar-refractivity contribution in [1.29, 1.82) is 0 Å². The topological polar surface area (TPSA) is 92.5 Å². The predicted octanol–water partition coefficient (Wildman–Crippen LogP) is 3.97. The third-order valence-corrected chi connectivity index (χ3v) is 3.34. The molecule has 2 aromatic rings. The summed E-state index contributed by atoms with van der Waals surface area (Å²) in [5.74, 6) is -0.712. The fourth-order valence-corrected chi connectivity index (χ4v) is 2.20. The normalized spacial score (nSPS) is 10.2. The molecule has 6 nitrogen and oxygen atoms in total. The van der Waals surface area contributed by atoms with Gasteiger partial charge in [0.1, 0.15) is 5.75 Å². The first-order valence-electron chi connectivity index (χ1n) is 5.61. The van der Waals surface area contributed by atoms with Crippen LogP contribution in [-0.2, 0) is 0 Å². The second-order valence-corrected chi connectivity index (χ2v) is 5.40. The molecule has 0 atom stereocenters. The first-order chi connectivity index (χ1) is 9.86. The van der Waals surface area contributed by atoms with Crippen LogP contribution in [0.5, 0.6) is 5.75 Å². The van der Waals surface area contributed by atoms with Crippen LogP contribution in [0.4, 0.5) is 11.4 Å². The standard InChI is InChI=1S/C13H8BrClN2O4/c14-8-3-7(4-10(5-8)17(20)21)13(19)16-9-1-2-11(15)12(18)6-9/h1-6,18H,(H,16,19). The molecule has 0 radical (unpaired) electrons. The second-order valence-electron chi connectivity index (χ2n) is 4.08. The lowest BCUT2D eigenvalue weighted by Gasteiger charge is -2.07.